The molecule has 0 radical (unpaired) electrons. The van der Waals surface area contributed by atoms with Crippen molar-refractivity contribution in [2.45, 2.75) is 32.7 Å². The lowest BCUT2D eigenvalue weighted by Gasteiger charge is -2.19. The van der Waals surface area contributed by atoms with Crippen molar-refractivity contribution >= 4 is 5.91 Å². The third-order valence-electron chi connectivity index (χ3n) is 2.95. The summed E-state index contributed by atoms with van der Waals surface area (Å²) >= 11 is 0. The predicted octanol–water partition coefficient (Wildman–Crippen LogP) is 2.17. The molecule has 0 aliphatic carbocycles. The SMILES string of the molecule is CCOc1ccccc1CN(C)C(=O)CCCCN. The van der Waals surface area contributed by atoms with Crippen molar-refractivity contribution in [3.8, 4) is 5.75 Å². The largest absolute Gasteiger partial charge is 0.494 e. The molecule has 0 fully saturated rings. The van der Waals surface area contributed by atoms with E-state index in [-0.39, 0.29) is 5.91 Å². The van der Waals surface area contributed by atoms with Crippen LogP contribution in [-0.4, -0.2) is 31.0 Å². The van der Waals surface area contributed by atoms with Crippen LogP contribution in [0, 0.1) is 0 Å². The lowest BCUT2D eigenvalue weighted by atomic mass is 10.1. The van der Waals surface area contributed by atoms with Crippen LogP contribution < -0.4 is 10.5 Å². The maximum Gasteiger partial charge on any atom is 0.222 e. The van der Waals surface area contributed by atoms with Gasteiger partial charge >= 0.3 is 0 Å². The van der Waals surface area contributed by atoms with Crippen LogP contribution in [-0.2, 0) is 11.3 Å². The Bertz CT molecular complexity index is 393. The quantitative estimate of drug-likeness (QED) is 0.732. The number of rotatable bonds is 8. The smallest absolute Gasteiger partial charge is 0.222 e. The minimum atomic E-state index is 0.153. The second kappa shape index (κ2) is 8.53. The van der Waals surface area contributed by atoms with E-state index >= 15 is 0 Å². The first-order valence-electron chi connectivity index (χ1n) is 6.83. The van der Waals surface area contributed by atoms with Gasteiger partial charge in [-0.1, -0.05) is 18.2 Å². The Kier molecular flexibility index (Phi) is 6.97. The van der Waals surface area contributed by atoms with Gasteiger partial charge in [0.1, 0.15) is 5.75 Å². The Labute approximate surface area is 115 Å². The molecular weight excluding hydrogens is 240 g/mol. The zero-order valence-corrected chi connectivity index (χ0v) is 11.9. The van der Waals surface area contributed by atoms with Gasteiger partial charge in [0.25, 0.3) is 0 Å². The Morgan fingerprint density at radius 1 is 1.32 bits per heavy atom. The maximum absolute atomic E-state index is 11.9. The summed E-state index contributed by atoms with van der Waals surface area (Å²) in [6.07, 6.45) is 2.31. The van der Waals surface area contributed by atoms with Crippen molar-refractivity contribution in [2.75, 3.05) is 20.2 Å². The number of amides is 1. The summed E-state index contributed by atoms with van der Waals surface area (Å²) < 4.78 is 5.56. The third-order valence-corrected chi connectivity index (χ3v) is 2.95. The van der Waals surface area contributed by atoms with E-state index in [1.807, 2.05) is 38.2 Å². The standard InChI is InChI=1S/C15H24N2O2/c1-3-19-14-9-5-4-8-13(14)12-17(2)15(18)10-6-7-11-16/h4-5,8-9H,3,6-7,10-12,16H2,1-2H3. The molecule has 0 aliphatic rings. The van der Waals surface area contributed by atoms with E-state index in [1.165, 1.54) is 0 Å². The average Bonchev–Trinajstić information content (AvgIpc) is 2.41. The Balaban J connectivity index is 2.55. The zero-order chi connectivity index (χ0) is 14.1. The van der Waals surface area contributed by atoms with E-state index in [1.54, 1.807) is 4.90 Å². The minimum absolute atomic E-state index is 0.153. The Morgan fingerprint density at radius 3 is 2.74 bits per heavy atom. The topological polar surface area (TPSA) is 55.6 Å². The molecule has 0 saturated heterocycles. The average molecular weight is 264 g/mol. The van der Waals surface area contributed by atoms with Gasteiger partial charge in [-0.15, -0.1) is 0 Å². The fraction of sp³-hybridized carbons (Fsp3) is 0.533. The van der Waals surface area contributed by atoms with E-state index in [2.05, 4.69) is 0 Å². The second-order valence-electron chi connectivity index (χ2n) is 4.54. The monoisotopic (exact) mass is 264 g/mol. The van der Waals surface area contributed by atoms with Crippen molar-refractivity contribution in [3.05, 3.63) is 29.8 Å². The van der Waals surface area contributed by atoms with Crippen LogP contribution in [0.15, 0.2) is 24.3 Å². The molecule has 1 amide bonds. The van der Waals surface area contributed by atoms with Gasteiger partial charge in [0, 0.05) is 25.6 Å². The van der Waals surface area contributed by atoms with E-state index in [9.17, 15) is 4.79 Å². The number of para-hydroxylation sites is 1. The molecule has 0 bridgehead atoms. The molecule has 0 unspecified atom stereocenters. The highest BCUT2D eigenvalue weighted by Crippen LogP contribution is 2.19. The summed E-state index contributed by atoms with van der Waals surface area (Å²) in [6.45, 7) is 3.81. The molecule has 4 nitrogen and oxygen atoms in total. The first-order chi connectivity index (χ1) is 9.19. The maximum atomic E-state index is 11.9. The van der Waals surface area contributed by atoms with Gasteiger partial charge in [-0.3, -0.25) is 4.79 Å². The number of unbranched alkanes of at least 4 members (excludes halogenated alkanes) is 1. The molecular formula is C15H24N2O2. The molecule has 0 aliphatic heterocycles. The van der Waals surface area contributed by atoms with Crippen LogP contribution in [0.1, 0.15) is 31.7 Å². The summed E-state index contributed by atoms with van der Waals surface area (Å²) in [4.78, 5) is 13.7. The zero-order valence-electron chi connectivity index (χ0n) is 11.9. The number of ether oxygens (including phenoxy) is 1. The molecule has 0 atom stereocenters. The molecule has 1 aromatic carbocycles. The van der Waals surface area contributed by atoms with Crippen molar-refractivity contribution in [2.24, 2.45) is 5.73 Å². The summed E-state index contributed by atoms with van der Waals surface area (Å²) in [5.41, 5.74) is 6.47. The summed E-state index contributed by atoms with van der Waals surface area (Å²) in [6, 6.07) is 7.84. The highest BCUT2D eigenvalue weighted by atomic mass is 16.5. The summed E-state index contributed by atoms with van der Waals surface area (Å²) in [7, 11) is 1.83. The molecule has 106 valence electrons. The van der Waals surface area contributed by atoms with E-state index in [4.69, 9.17) is 10.5 Å². The highest BCUT2D eigenvalue weighted by molar-refractivity contribution is 5.75. The third kappa shape index (κ3) is 5.30. The van der Waals surface area contributed by atoms with Crippen LogP contribution in [0.25, 0.3) is 0 Å². The van der Waals surface area contributed by atoms with Gasteiger partial charge in [0.15, 0.2) is 0 Å². The number of benzene rings is 1. The lowest BCUT2D eigenvalue weighted by molar-refractivity contribution is -0.130. The lowest BCUT2D eigenvalue weighted by Crippen LogP contribution is -2.26. The number of hydrogen-bond donors (Lipinski definition) is 1. The number of carbonyl (C=O) groups excluding carboxylic acids is 1. The summed E-state index contributed by atoms with van der Waals surface area (Å²) in [5, 5.41) is 0. The van der Waals surface area contributed by atoms with Crippen molar-refractivity contribution in [3.63, 3.8) is 0 Å². The molecule has 1 aromatic rings. The molecule has 0 spiro atoms. The van der Waals surface area contributed by atoms with Crippen molar-refractivity contribution in [1.82, 2.24) is 4.90 Å². The first-order valence-corrected chi connectivity index (χ1v) is 6.83. The number of carbonyl (C=O) groups is 1. The van der Waals surface area contributed by atoms with Gasteiger partial charge in [-0.25, -0.2) is 0 Å². The minimum Gasteiger partial charge on any atom is -0.494 e. The molecule has 2 N–H and O–H groups in total. The first kappa shape index (κ1) is 15.5. The van der Waals surface area contributed by atoms with Crippen LogP contribution in [0.3, 0.4) is 0 Å². The molecule has 4 heteroatoms. The van der Waals surface area contributed by atoms with Crippen LogP contribution >= 0.6 is 0 Å². The predicted molar refractivity (Wildman–Crippen MR) is 77.0 cm³/mol. The molecule has 1 rings (SSSR count). The molecule has 0 heterocycles. The van der Waals surface area contributed by atoms with Crippen LogP contribution in [0.5, 0.6) is 5.75 Å². The fourth-order valence-electron chi connectivity index (χ4n) is 1.89. The highest BCUT2D eigenvalue weighted by Gasteiger charge is 2.11. The number of nitrogens with zero attached hydrogens (tertiary/aromatic N) is 1. The fourth-order valence-corrected chi connectivity index (χ4v) is 1.89. The van der Waals surface area contributed by atoms with Crippen LogP contribution in [0.4, 0.5) is 0 Å². The van der Waals surface area contributed by atoms with Crippen LogP contribution in [0.2, 0.25) is 0 Å². The summed E-state index contributed by atoms with van der Waals surface area (Å²) in [5.74, 6) is 1.01. The van der Waals surface area contributed by atoms with Gasteiger partial charge in [0.2, 0.25) is 5.91 Å². The van der Waals surface area contributed by atoms with Gasteiger partial charge in [-0.2, -0.15) is 0 Å². The van der Waals surface area contributed by atoms with Crippen molar-refractivity contribution < 1.29 is 9.53 Å². The number of hydrogen-bond acceptors (Lipinski definition) is 3. The van der Waals surface area contributed by atoms with Gasteiger partial charge < -0.3 is 15.4 Å². The molecule has 19 heavy (non-hydrogen) atoms. The van der Waals surface area contributed by atoms with E-state index < -0.39 is 0 Å². The normalized spacial score (nSPS) is 10.3. The Hall–Kier alpha value is -1.55. The number of nitrogens with two attached hydrogens (primary N) is 1. The van der Waals surface area contributed by atoms with Crippen molar-refractivity contribution in [1.29, 1.82) is 0 Å². The van der Waals surface area contributed by atoms with E-state index in [0.717, 1.165) is 24.2 Å². The van der Waals surface area contributed by atoms with E-state index in [0.29, 0.717) is 26.1 Å². The van der Waals surface area contributed by atoms with Gasteiger partial charge in [-0.05, 0) is 32.4 Å². The molecule has 0 saturated carbocycles. The molecule has 0 aromatic heterocycles. The second-order valence-corrected chi connectivity index (χ2v) is 4.54. The Morgan fingerprint density at radius 2 is 2.05 bits per heavy atom. The van der Waals surface area contributed by atoms with Gasteiger partial charge in [0.05, 0.1) is 6.61 Å².